The first-order valence-electron chi connectivity index (χ1n) is 8.91. The van der Waals surface area contributed by atoms with Crippen molar-refractivity contribution < 1.29 is 4.57 Å². The first kappa shape index (κ1) is 15.3. The van der Waals surface area contributed by atoms with Crippen molar-refractivity contribution in [3.05, 3.63) is 58.9 Å². The molecule has 0 N–H and O–H groups in total. The molecule has 1 fully saturated rings. The molecule has 122 valence electrons. The van der Waals surface area contributed by atoms with Crippen LogP contribution >= 0.6 is 0 Å². The van der Waals surface area contributed by atoms with Gasteiger partial charge in [0.05, 0.1) is 12.4 Å². The molecule has 1 aliphatic rings. The van der Waals surface area contributed by atoms with E-state index in [0.29, 0.717) is 0 Å². The van der Waals surface area contributed by atoms with Gasteiger partial charge >= 0.3 is 0 Å². The average Bonchev–Trinajstić information content (AvgIpc) is 2.49. The summed E-state index contributed by atoms with van der Waals surface area (Å²) in [5.74, 6) is 0.744. The third kappa shape index (κ3) is 2.41. The number of aryl methyl sites for hydroxylation is 3. The molecule has 2 aromatic carbocycles. The Morgan fingerprint density at radius 1 is 1.04 bits per heavy atom. The van der Waals surface area contributed by atoms with Crippen molar-refractivity contribution in [2.45, 2.75) is 46.0 Å². The van der Waals surface area contributed by atoms with Crippen LogP contribution in [0.2, 0.25) is 0 Å². The fourth-order valence-electron chi connectivity index (χ4n) is 3.87. The summed E-state index contributed by atoms with van der Waals surface area (Å²) in [4.78, 5) is 4.65. The van der Waals surface area contributed by atoms with Gasteiger partial charge in [-0.25, -0.2) is 4.57 Å². The van der Waals surface area contributed by atoms with Crippen molar-refractivity contribution in [3.8, 4) is 11.3 Å². The summed E-state index contributed by atoms with van der Waals surface area (Å²) in [6, 6.07) is 11.4. The van der Waals surface area contributed by atoms with Gasteiger partial charge in [-0.15, -0.1) is 0 Å². The SMILES string of the molecule is Cc1cc(C)c(C)c(-c2c3cc(C4CCC4)ccc3nc[n+]2C)c1. The van der Waals surface area contributed by atoms with Gasteiger partial charge in [-0.1, -0.05) is 24.1 Å². The zero-order valence-electron chi connectivity index (χ0n) is 15.1. The predicted molar refractivity (Wildman–Crippen MR) is 99.2 cm³/mol. The molecular formula is C22H25N2+. The van der Waals surface area contributed by atoms with Crippen molar-refractivity contribution in [2.75, 3.05) is 0 Å². The smallest absolute Gasteiger partial charge is 0.232 e. The lowest BCUT2D eigenvalue weighted by Gasteiger charge is -2.25. The minimum atomic E-state index is 0.744. The maximum absolute atomic E-state index is 4.65. The van der Waals surface area contributed by atoms with E-state index in [9.17, 15) is 0 Å². The lowest BCUT2D eigenvalue weighted by Crippen LogP contribution is -2.32. The van der Waals surface area contributed by atoms with E-state index in [4.69, 9.17) is 0 Å². The van der Waals surface area contributed by atoms with E-state index in [1.54, 1.807) is 0 Å². The summed E-state index contributed by atoms with van der Waals surface area (Å²) in [5.41, 5.74) is 9.20. The Bertz CT molecular complexity index is 936. The highest BCUT2D eigenvalue weighted by Crippen LogP contribution is 2.38. The molecule has 0 atom stereocenters. The van der Waals surface area contributed by atoms with Crippen LogP contribution in [0.1, 0.15) is 47.4 Å². The Hall–Kier alpha value is -2.22. The molecule has 1 heterocycles. The topological polar surface area (TPSA) is 16.8 Å². The average molecular weight is 317 g/mol. The maximum atomic E-state index is 4.65. The minimum absolute atomic E-state index is 0.744. The molecule has 3 aromatic rings. The first-order chi connectivity index (χ1) is 11.5. The molecule has 0 saturated heterocycles. The Kier molecular flexibility index (Phi) is 3.64. The Morgan fingerprint density at radius 3 is 2.54 bits per heavy atom. The van der Waals surface area contributed by atoms with E-state index in [1.165, 1.54) is 58.2 Å². The van der Waals surface area contributed by atoms with E-state index in [2.05, 4.69) is 67.7 Å². The number of hydrogen-bond acceptors (Lipinski definition) is 1. The fourth-order valence-corrected chi connectivity index (χ4v) is 3.87. The van der Waals surface area contributed by atoms with Crippen LogP contribution in [0, 0.1) is 20.8 Å². The maximum Gasteiger partial charge on any atom is 0.287 e. The second kappa shape index (κ2) is 5.70. The molecule has 0 spiro atoms. The van der Waals surface area contributed by atoms with Crippen molar-refractivity contribution >= 4 is 10.9 Å². The van der Waals surface area contributed by atoms with Gasteiger partial charge in [0, 0.05) is 5.56 Å². The summed E-state index contributed by atoms with van der Waals surface area (Å²) in [7, 11) is 2.11. The molecule has 0 unspecified atom stereocenters. The summed E-state index contributed by atoms with van der Waals surface area (Å²) < 4.78 is 2.17. The summed E-state index contributed by atoms with van der Waals surface area (Å²) in [6.45, 7) is 6.61. The molecule has 24 heavy (non-hydrogen) atoms. The van der Waals surface area contributed by atoms with Gasteiger partial charge in [0.25, 0.3) is 6.33 Å². The standard InChI is InChI=1S/C22H25N2/c1-14-10-15(2)16(3)19(11-14)22-20-12-18(17-6-5-7-17)8-9-21(20)23-13-24(22)4/h8-13,17H,5-7H2,1-4H3/q+1. The van der Waals surface area contributed by atoms with E-state index in [0.717, 1.165) is 11.4 Å². The third-order valence-electron chi connectivity index (χ3n) is 5.64. The largest absolute Gasteiger partial charge is 0.287 e. The number of rotatable bonds is 2. The van der Waals surface area contributed by atoms with E-state index >= 15 is 0 Å². The lowest BCUT2D eigenvalue weighted by molar-refractivity contribution is -0.662. The van der Waals surface area contributed by atoms with Crippen LogP contribution in [0.3, 0.4) is 0 Å². The number of benzene rings is 2. The number of aromatic nitrogens is 2. The molecule has 4 rings (SSSR count). The molecule has 1 aromatic heterocycles. The highest BCUT2D eigenvalue weighted by Gasteiger charge is 2.23. The highest BCUT2D eigenvalue weighted by atomic mass is 15.0. The zero-order valence-corrected chi connectivity index (χ0v) is 15.1. The lowest BCUT2D eigenvalue weighted by atomic mass is 9.79. The third-order valence-corrected chi connectivity index (χ3v) is 5.64. The van der Waals surface area contributed by atoms with Crippen LogP contribution in [-0.2, 0) is 7.05 Å². The quantitative estimate of drug-likeness (QED) is 0.613. The van der Waals surface area contributed by atoms with Crippen molar-refractivity contribution in [3.63, 3.8) is 0 Å². The van der Waals surface area contributed by atoms with Gasteiger partial charge in [0.1, 0.15) is 5.69 Å². The second-order valence-corrected chi connectivity index (χ2v) is 7.36. The van der Waals surface area contributed by atoms with Gasteiger partial charge in [0.2, 0.25) is 0 Å². The van der Waals surface area contributed by atoms with Gasteiger partial charge in [-0.2, -0.15) is 0 Å². The fraction of sp³-hybridized carbons (Fsp3) is 0.364. The van der Waals surface area contributed by atoms with E-state index in [1.807, 2.05) is 6.33 Å². The highest BCUT2D eigenvalue weighted by molar-refractivity contribution is 5.92. The van der Waals surface area contributed by atoms with Crippen molar-refractivity contribution in [1.82, 2.24) is 4.98 Å². The van der Waals surface area contributed by atoms with Crippen LogP contribution in [-0.4, -0.2) is 4.98 Å². The molecule has 2 heteroatoms. The first-order valence-corrected chi connectivity index (χ1v) is 8.91. The molecule has 0 amide bonds. The van der Waals surface area contributed by atoms with Crippen LogP contribution in [0.4, 0.5) is 0 Å². The Labute approximate surface area is 144 Å². The number of nitrogens with zero attached hydrogens (tertiary/aromatic N) is 2. The van der Waals surface area contributed by atoms with Gasteiger partial charge < -0.3 is 0 Å². The second-order valence-electron chi connectivity index (χ2n) is 7.36. The minimum Gasteiger partial charge on any atom is -0.232 e. The predicted octanol–water partition coefficient (Wildman–Crippen LogP) is 4.92. The van der Waals surface area contributed by atoms with Crippen molar-refractivity contribution in [1.29, 1.82) is 0 Å². The van der Waals surface area contributed by atoms with Crippen LogP contribution in [0.5, 0.6) is 0 Å². The summed E-state index contributed by atoms with van der Waals surface area (Å²) in [6.07, 6.45) is 5.97. The zero-order chi connectivity index (χ0) is 16.8. The van der Waals surface area contributed by atoms with Crippen LogP contribution < -0.4 is 4.57 Å². The molecule has 2 nitrogen and oxygen atoms in total. The molecule has 0 bridgehead atoms. The number of fused-ring (bicyclic) bond motifs is 1. The Morgan fingerprint density at radius 2 is 1.83 bits per heavy atom. The van der Waals surface area contributed by atoms with Gasteiger partial charge in [0.15, 0.2) is 5.52 Å². The molecular weight excluding hydrogens is 292 g/mol. The van der Waals surface area contributed by atoms with Gasteiger partial charge in [-0.3, -0.25) is 0 Å². The van der Waals surface area contributed by atoms with E-state index < -0.39 is 0 Å². The van der Waals surface area contributed by atoms with Crippen LogP contribution in [0.15, 0.2) is 36.7 Å². The number of hydrogen-bond donors (Lipinski definition) is 0. The van der Waals surface area contributed by atoms with Crippen molar-refractivity contribution in [2.24, 2.45) is 7.05 Å². The summed E-state index contributed by atoms with van der Waals surface area (Å²) in [5, 5.41) is 1.28. The van der Waals surface area contributed by atoms with Crippen LogP contribution in [0.25, 0.3) is 22.2 Å². The molecule has 0 radical (unpaired) electrons. The molecule has 1 aliphatic carbocycles. The Balaban J connectivity index is 2.01. The monoisotopic (exact) mass is 317 g/mol. The van der Waals surface area contributed by atoms with Gasteiger partial charge in [-0.05, 0) is 79.4 Å². The summed E-state index contributed by atoms with van der Waals surface area (Å²) >= 11 is 0. The normalized spacial score (nSPS) is 14.8. The molecule has 1 saturated carbocycles. The molecule has 0 aliphatic heterocycles. The van der Waals surface area contributed by atoms with E-state index in [-0.39, 0.29) is 0 Å².